The smallest absolute Gasteiger partial charge is 0.306 e. The van der Waals surface area contributed by atoms with Crippen molar-refractivity contribution in [2.75, 3.05) is 0 Å². The number of hydrogen-bond donors (Lipinski definition) is 3. The maximum atomic E-state index is 12.3. The van der Waals surface area contributed by atoms with Crippen LogP contribution in [0.25, 0.3) is 0 Å². The van der Waals surface area contributed by atoms with Gasteiger partial charge in [0.05, 0.1) is 11.8 Å². The van der Waals surface area contributed by atoms with Gasteiger partial charge in [-0.15, -0.1) is 0 Å². The van der Waals surface area contributed by atoms with Crippen LogP contribution in [0.4, 0.5) is 0 Å². The third-order valence-electron chi connectivity index (χ3n) is 7.36. The Morgan fingerprint density at radius 1 is 0.450 bits per heavy atom. The summed E-state index contributed by atoms with van der Waals surface area (Å²) in [5, 5.41) is 27.3. The van der Waals surface area contributed by atoms with Gasteiger partial charge < -0.3 is 20.1 Å². The second kappa shape index (κ2) is 24.2. The summed E-state index contributed by atoms with van der Waals surface area (Å²) in [5.74, 6) is -5.52. The second-order valence-corrected chi connectivity index (χ2v) is 11.2. The van der Waals surface area contributed by atoms with Crippen LogP contribution in [-0.4, -0.2) is 50.6 Å². The van der Waals surface area contributed by atoms with Gasteiger partial charge in [-0.2, -0.15) is 0 Å². The van der Waals surface area contributed by atoms with Gasteiger partial charge in [0.15, 0.2) is 0 Å². The summed E-state index contributed by atoms with van der Waals surface area (Å²) in [6.07, 6.45) is 15.5. The van der Waals surface area contributed by atoms with Gasteiger partial charge in [-0.3, -0.25) is 24.0 Å². The Hall–Kier alpha value is -2.58. The molecule has 0 heterocycles. The summed E-state index contributed by atoms with van der Waals surface area (Å²) in [6, 6.07) is 0. The number of carbonyl (C=O) groups is 6. The quantitative estimate of drug-likeness (QED) is 0.0825. The number of hydrogen-bond acceptors (Lipinski definition) is 6. The summed E-state index contributed by atoms with van der Waals surface area (Å²) in [6.45, 7) is 1.36. The van der Waals surface area contributed by atoms with Crippen molar-refractivity contribution in [3.8, 4) is 0 Å². The first-order valence-electron chi connectivity index (χ1n) is 15.2. The van der Waals surface area contributed by atoms with Crippen molar-refractivity contribution in [2.45, 2.75) is 148 Å². The van der Waals surface area contributed by atoms with Crippen LogP contribution in [0, 0.1) is 11.8 Å². The van der Waals surface area contributed by atoms with Crippen molar-refractivity contribution < 1.29 is 44.1 Å². The molecule has 0 unspecified atom stereocenters. The normalized spacial score (nSPS) is 12.5. The minimum atomic E-state index is -1.14. The van der Waals surface area contributed by atoms with E-state index >= 15 is 0 Å². The summed E-state index contributed by atoms with van der Waals surface area (Å²) in [4.78, 5) is 69.0. The van der Waals surface area contributed by atoms with Crippen LogP contribution in [0.2, 0.25) is 0 Å². The van der Waals surface area contributed by atoms with E-state index in [1.54, 1.807) is 0 Å². The monoisotopic (exact) mass is 568 g/mol. The highest BCUT2D eigenvalue weighted by molar-refractivity contribution is 5.86. The summed E-state index contributed by atoms with van der Waals surface area (Å²) in [5.41, 5.74) is 0. The van der Waals surface area contributed by atoms with E-state index in [1.165, 1.54) is 51.9 Å². The molecule has 230 valence electrons. The van der Waals surface area contributed by atoms with Gasteiger partial charge in [0.25, 0.3) is 0 Å². The van der Waals surface area contributed by atoms with E-state index in [1.807, 2.05) is 0 Å². The maximum Gasteiger partial charge on any atom is 0.306 e. The molecule has 0 bridgehead atoms. The maximum absolute atomic E-state index is 12.3. The molecule has 0 saturated carbocycles. The Labute approximate surface area is 239 Å². The predicted octanol–water partition coefficient (Wildman–Crippen LogP) is 6.78. The molecule has 0 spiro atoms. The standard InChI is InChI=1S/C31H52O9/c1-24(32)18-19-25(30(37)38)23-28(34)21-20-26(31(39)40)22-27(33)16-14-12-10-8-6-4-2-3-5-7-9-11-13-15-17-29(35)36/h25-26H,2-23H2,1H3,(H,35,36)(H,37,38)(H,39,40)/t25-,26-/m1/s1. The molecule has 2 atom stereocenters. The summed E-state index contributed by atoms with van der Waals surface area (Å²) >= 11 is 0. The first-order valence-corrected chi connectivity index (χ1v) is 15.2. The molecule has 0 aromatic rings. The first-order chi connectivity index (χ1) is 19.0. The fourth-order valence-electron chi connectivity index (χ4n) is 4.81. The average Bonchev–Trinajstić information content (AvgIpc) is 2.87. The number of carboxylic acid groups (broad SMARTS) is 3. The topological polar surface area (TPSA) is 163 Å². The fraction of sp³-hybridized carbons (Fsp3) is 0.806. The zero-order valence-corrected chi connectivity index (χ0v) is 24.5. The number of Topliss-reactive ketones (excluding diaryl/α,β-unsaturated/α-hetero) is 3. The van der Waals surface area contributed by atoms with Crippen LogP contribution in [0.1, 0.15) is 148 Å². The summed E-state index contributed by atoms with van der Waals surface area (Å²) in [7, 11) is 0. The Morgan fingerprint density at radius 3 is 1.12 bits per heavy atom. The van der Waals surface area contributed by atoms with Crippen LogP contribution >= 0.6 is 0 Å². The Balaban J connectivity index is 3.87. The Kier molecular flexibility index (Phi) is 22.7. The molecular weight excluding hydrogens is 516 g/mol. The summed E-state index contributed by atoms with van der Waals surface area (Å²) < 4.78 is 0. The van der Waals surface area contributed by atoms with E-state index in [4.69, 9.17) is 5.11 Å². The van der Waals surface area contributed by atoms with Crippen LogP contribution < -0.4 is 0 Å². The molecule has 0 rings (SSSR count). The molecule has 0 aliphatic heterocycles. The van der Waals surface area contributed by atoms with Gasteiger partial charge in [-0.25, -0.2) is 0 Å². The van der Waals surface area contributed by atoms with Crippen molar-refractivity contribution in [2.24, 2.45) is 11.8 Å². The van der Waals surface area contributed by atoms with Gasteiger partial charge in [-0.05, 0) is 32.6 Å². The van der Waals surface area contributed by atoms with Crippen molar-refractivity contribution in [1.29, 1.82) is 0 Å². The lowest BCUT2D eigenvalue weighted by molar-refractivity contribution is -0.145. The molecule has 40 heavy (non-hydrogen) atoms. The predicted molar refractivity (Wildman–Crippen MR) is 152 cm³/mol. The van der Waals surface area contributed by atoms with E-state index < -0.39 is 29.7 Å². The first kappa shape index (κ1) is 37.4. The van der Waals surface area contributed by atoms with E-state index in [2.05, 4.69) is 0 Å². The van der Waals surface area contributed by atoms with Crippen molar-refractivity contribution >= 4 is 35.3 Å². The van der Waals surface area contributed by atoms with Crippen molar-refractivity contribution in [1.82, 2.24) is 0 Å². The van der Waals surface area contributed by atoms with E-state index in [-0.39, 0.29) is 62.3 Å². The molecule has 0 aliphatic carbocycles. The molecule has 0 amide bonds. The molecule has 0 aromatic heterocycles. The zero-order valence-electron chi connectivity index (χ0n) is 24.5. The van der Waals surface area contributed by atoms with Crippen molar-refractivity contribution in [3.63, 3.8) is 0 Å². The number of rotatable bonds is 29. The lowest BCUT2D eigenvalue weighted by Crippen LogP contribution is -2.22. The molecule has 9 heteroatoms. The van der Waals surface area contributed by atoms with Gasteiger partial charge in [0.2, 0.25) is 0 Å². The van der Waals surface area contributed by atoms with E-state index in [0.717, 1.165) is 44.9 Å². The highest BCUT2D eigenvalue weighted by Crippen LogP contribution is 2.20. The van der Waals surface area contributed by atoms with Crippen LogP contribution in [0.5, 0.6) is 0 Å². The highest BCUT2D eigenvalue weighted by atomic mass is 16.4. The number of carboxylic acids is 3. The highest BCUT2D eigenvalue weighted by Gasteiger charge is 2.25. The lowest BCUT2D eigenvalue weighted by Gasteiger charge is -2.13. The number of unbranched alkanes of at least 4 members (excludes halogenated alkanes) is 13. The SMILES string of the molecule is CC(=O)CC[C@H](CC(=O)CC[C@H](CC(=O)CCCCCCCCCCCCCCCCC(=O)O)C(=O)O)C(=O)O. The molecule has 0 saturated heterocycles. The van der Waals surface area contributed by atoms with Crippen molar-refractivity contribution in [3.05, 3.63) is 0 Å². The third kappa shape index (κ3) is 23.3. The molecule has 0 aliphatic rings. The number of carbonyl (C=O) groups excluding carboxylic acids is 3. The van der Waals surface area contributed by atoms with Gasteiger partial charge in [0.1, 0.15) is 17.3 Å². The van der Waals surface area contributed by atoms with Crippen LogP contribution in [0.3, 0.4) is 0 Å². The minimum absolute atomic E-state index is 0.00570. The molecular formula is C31H52O9. The minimum Gasteiger partial charge on any atom is -0.481 e. The average molecular weight is 569 g/mol. The Morgan fingerprint density at radius 2 is 0.775 bits per heavy atom. The van der Waals surface area contributed by atoms with Gasteiger partial charge in [0, 0.05) is 38.5 Å². The van der Waals surface area contributed by atoms with Gasteiger partial charge >= 0.3 is 17.9 Å². The molecule has 0 fully saturated rings. The van der Waals surface area contributed by atoms with Crippen LogP contribution in [-0.2, 0) is 28.8 Å². The molecule has 9 nitrogen and oxygen atoms in total. The van der Waals surface area contributed by atoms with Gasteiger partial charge in [-0.1, -0.05) is 77.0 Å². The largest absolute Gasteiger partial charge is 0.481 e. The Bertz CT molecular complexity index is 775. The fourth-order valence-corrected chi connectivity index (χ4v) is 4.81. The number of ketones is 3. The van der Waals surface area contributed by atoms with E-state index in [9.17, 15) is 39.0 Å². The number of aliphatic carboxylic acids is 3. The zero-order chi connectivity index (χ0) is 30.2. The molecule has 3 N–H and O–H groups in total. The second-order valence-electron chi connectivity index (χ2n) is 11.2. The third-order valence-corrected chi connectivity index (χ3v) is 7.36. The van der Waals surface area contributed by atoms with E-state index in [0.29, 0.717) is 6.42 Å². The molecule has 0 aromatic carbocycles. The lowest BCUT2D eigenvalue weighted by atomic mass is 9.90. The molecule has 0 radical (unpaired) electrons. The van der Waals surface area contributed by atoms with Crippen LogP contribution in [0.15, 0.2) is 0 Å².